The summed E-state index contributed by atoms with van der Waals surface area (Å²) in [7, 11) is 0. The maximum Gasteiger partial charge on any atom is 0.343 e. The molecule has 1 N–H and O–H groups in total. The Bertz CT molecular complexity index is 425. The Hall–Kier alpha value is -1.73. The molecule has 0 radical (unpaired) electrons. The number of nitriles is 1. The molecule has 15 heavy (non-hydrogen) atoms. The largest absolute Gasteiger partial charge is 0.507 e. The highest BCUT2D eigenvalue weighted by Gasteiger charge is 2.15. The summed E-state index contributed by atoms with van der Waals surface area (Å²) in [5.41, 5.74) is -0.0513. The molecule has 5 heteroatoms. The van der Waals surface area contributed by atoms with Crippen LogP contribution >= 0.6 is 11.6 Å². The van der Waals surface area contributed by atoms with E-state index in [9.17, 15) is 9.90 Å². The van der Waals surface area contributed by atoms with Crippen molar-refractivity contribution in [3.05, 3.63) is 28.8 Å². The molecular weight excluding hydrogens is 218 g/mol. The fourth-order valence-corrected chi connectivity index (χ4v) is 1.09. The van der Waals surface area contributed by atoms with E-state index in [0.717, 1.165) is 0 Å². The van der Waals surface area contributed by atoms with E-state index in [-0.39, 0.29) is 11.3 Å². The molecule has 0 aromatic heterocycles. The van der Waals surface area contributed by atoms with Gasteiger partial charge in [0.25, 0.3) is 0 Å². The maximum atomic E-state index is 11.4. The van der Waals surface area contributed by atoms with Gasteiger partial charge in [-0.05, 0) is 25.1 Å². The van der Waals surface area contributed by atoms with E-state index in [1.165, 1.54) is 25.1 Å². The molecule has 1 rings (SSSR count). The van der Waals surface area contributed by atoms with Crippen molar-refractivity contribution in [2.24, 2.45) is 0 Å². The van der Waals surface area contributed by atoms with Gasteiger partial charge in [-0.3, -0.25) is 0 Å². The number of rotatable bonds is 2. The van der Waals surface area contributed by atoms with Crippen LogP contribution < -0.4 is 0 Å². The van der Waals surface area contributed by atoms with Crippen molar-refractivity contribution < 1.29 is 14.6 Å². The lowest BCUT2D eigenvalue weighted by molar-refractivity contribution is 0.0432. The van der Waals surface area contributed by atoms with Gasteiger partial charge in [0.1, 0.15) is 17.4 Å². The fraction of sp³-hybridized carbons (Fsp3) is 0.200. The molecule has 0 spiro atoms. The molecule has 0 aliphatic rings. The number of carbonyl (C=O) groups is 1. The first-order valence-corrected chi connectivity index (χ1v) is 4.51. The predicted molar refractivity (Wildman–Crippen MR) is 53.6 cm³/mol. The van der Waals surface area contributed by atoms with E-state index < -0.39 is 12.1 Å². The smallest absolute Gasteiger partial charge is 0.343 e. The molecule has 1 aromatic rings. The molecule has 78 valence electrons. The van der Waals surface area contributed by atoms with E-state index in [0.29, 0.717) is 5.02 Å². The highest BCUT2D eigenvalue weighted by atomic mass is 35.5. The summed E-state index contributed by atoms with van der Waals surface area (Å²) in [5.74, 6) is -1.00. The first-order chi connectivity index (χ1) is 7.04. The molecule has 0 saturated carbocycles. The van der Waals surface area contributed by atoms with Crippen LogP contribution in [0.3, 0.4) is 0 Å². The molecule has 0 bridgehead atoms. The van der Waals surface area contributed by atoms with Gasteiger partial charge in [-0.1, -0.05) is 11.6 Å². The number of phenols is 1. The number of ether oxygens (including phenoxy) is 1. The second kappa shape index (κ2) is 4.67. The van der Waals surface area contributed by atoms with Gasteiger partial charge in [-0.25, -0.2) is 4.79 Å². The first kappa shape index (κ1) is 11.3. The second-order valence-corrected chi connectivity index (χ2v) is 3.27. The number of carbonyl (C=O) groups excluding carboxylic acids is 1. The lowest BCUT2D eigenvalue weighted by Crippen LogP contribution is -2.13. The molecule has 0 fully saturated rings. The normalized spacial score (nSPS) is 11.5. The standard InChI is InChI=1S/C10H8ClNO3/c1-6(5-12)15-10(14)8-4-7(11)2-3-9(8)13/h2-4,6,13H,1H3/t6-/m0/s1. The van der Waals surface area contributed by atoms with Crippen LogP contribution in [0.25, 0.3) is 0 Å². The van der Waals surface area contributed by atoms with Crippen molar-refractivity contribution in [3.8, 4) is 11.8 Å². The number of aromatic hydroxyl groups is 1. The second-order valence-electron chi connectivity index (χ2n) is 2.84. The van der Waals surface area contributed by atoms with E-state index >= 15 is 0 Å². The Morgan fingerprint density at radius 2 is 2.33 bits per heavy atom. The maximum absolute atomic E-state index is 11.4. The molecule has 4 nitrogen and oxygen atoms in total. The van der Waals surface area contributed by atoms with Crippen LogP contribution in [0.1, 0.15) is 17.3 Å². The molecular formula is C10H8ClNO3. The number of halogens is 1. The van der Waals surface area contributed by atoms with Crippen molar-refractivity contribution in [2.45, 2.75) is 13.0 Å². The van der Waals surface area contributed by atoms with Crippen LogP contribution in [0.2, 0.25) is 5.02 Å². The van der Waals surface area contributed by atoms with Crippen molar-refractivity contribution in [1.82, 2.24) is 0 Å². The third-order valence-electron chi connectivity index (χ3n) is 1.64. The zero-order valence-electron chi connectivity index (χ0n) is 7.90. The number of hydrogen-bond acceptors (Lipinski definition) is 4. The quantitative estimate of drug-likeness (QED) is 0.783. The fourth-order valence-electron chi connectivity index (χ4n) is 0.922. The summed E-state index contributed by atoms with van der Waals surface area (Å²) in [6.45, 7) is 1.43. The summed E-state index contributed by atoms with van der Waals surface area (Å²) >= 11 is 5.65. The average Bonchev–Trinajstić information content (AvgIpc) is 2.21. The van der Waals surface area contributed by atoms with Gasteiger partial charge >= 0.3 is 5.97 Å². The van der Waals surface area contributed by atoms with Crippen LogP contribution in [0.4, 0.5) is 0 Å². The van der Waals surface area contributed by atoms with Gasteiger partial charge in [0.15, 0.2) is 6.10 Å². The van der Waals surface area contributed by atoms with Crippen LogP contribution in [-0.4, -0.2) is 17.2 Å². The Kier molecular flexibility index (Phi) is 3.53. The van der Waals surface area contributed by atoms with E-state index in [4.69, 9.17) is 21.6 Å². The van der Waals surface area contributed by atoms with Gasteiger partial charge in [0, 0.05) is 5.02 Å². The summed E-state index contributed by atoms with van der Waals surface area (Å²) < 4.78 is 4.70. The van der Waals surface area contributed by atoms with Gasteiger partial charge in [0.05, 0.1) is 0 Å². The van der Waals surface area contributed by atoms with Crippen molar-refractivity contribution >= 4 is 17.6 Å². The van der Waals surface area contributed by atoms with Crippen LogP contribution in [0, 0.1) is 11.3 Å². The molecule has 0 heterocycles. The zero-order chi connectivity index (χ0) is 11.4. The zero-order valence-corrected chi connectivity index (χ0v) is 8.65. The Morgan fingerprint density at radius 1 is 1.67 bits per heavy atom. The lowest BCUT2D eigenvalue weighted by atomic mass is 10.2. The topological polar surface area (TPSA) is 70.3 Å². The van der Waals surface area contributed by atoms with E-state index in [2.05, 4.69) is 0 Å². The summed E-state index contributed by atoms with van der Waals surface area (Å²) in [6.07, 6.45) is -0.865. The molecule has 0 aliphatic carbocycles. The minimum atomic E-state index is -0.865. The number of nitrogens with zero attached hydrogens (tertiary/aromatic N) is 1. The molecule has 0 saturated heterocycles. The summed E-state index contributed by atoms with van der Waals surface area (Å²) in [5, 5.41) is 18.1. The highest BCUT2D eigenvalue weighted by Crippen LogP contribution is 2.22. The Balaban J connectivity index is 2.92. The van der Waals surface area contributed by atoms with Gasteiger partial charge in [-0.15, -0.1) is 0 Å². The minimum Gasteiger partial charge on any atom is -0.507 e. The van der Waals surface area contributed by atoms with Gasteiger partial charge in [-0.2, -0.15) is 5.26 Å². The number of hydrogen-bond donors (Lipinski definition) is 1. The van der Waals surface area contributed by atoms with E-state index in [1.54, 1.807) is 6.07 Å². The van der Waals surface area contributed by atoms with Gasteiger partial charge < -0.3 is 9.84 Å². The monoisotopic (exact) mass is 225 g/mol. The lowest BCUT2D eigenvalue weighted by Gasteiger charge is -2.07. The molecule has 0 aliphatic heterocycles. The van der Waals surface area contributed by atoms with Crippen LogP contribution in [0.5, 0.6) is 5.75 Å². The number of benzene rings is 1. The SMILES string of the molecule is C[C@@H](C#N)OC(=O)c1cc(Cl)ccc1O. The Morgan fingerprint density at radius 3 is 2.93 bits per heavy atom. The molecule has 1 aromatic carbocycles. The minimum absolute atomic E-state index is 0.0513. The van der Waals surface area contributed by atoms with Crippen molar-refractivity contribution in [1.29, 1.82) is 5.26 Å². The summed E-state index contributed by atoms with van der Waals surface area (Å²) in [6, 6.07) is 5.76. The third-order valence-corrected chi connectivity index (χ3v) is 1.88. The van der Waals surface area contributed by atoms with E-state index in [1.807, 2.05) is 0 Å². The van der Waals surface area contributed by atoms with Crippen molar-refractivity contribution in [2.75, 3.05) is 0 Å². The van der Waals surface area contributed by atoms with Crippen LogP contribution in [0.15, 0.2) is 18.2 Å². The number of phenolic OH excluding ortho intramolecular Hbond substituents is 1. The first-order valence-electron chi connectivity index (χ1n) is 4.13. The molecule has 0 amide bonds. The van der Waals surface area contributed by atoms with Crippen molar-refractivity contribution in [3.63, 3.8) is 0 Å². The number of esters is 1. The summed E-state index contributed by atoms with van der Waals surface area (Å²) in [4.78, 5) is 11.4. The third kappa shape index (κ3) is 2.86. The molecule has 1 atom stereocenters. The highest BCUT2D eigenvalue weighted by molar-refractivity contribution is 6.31. The Labute approximate surface area is 91.7 Å². The molecule has 0 unspecified atom stereocenters. The van der Waals surface area contributed by atoms with Gasteiger partial charge in [0.2, 0.25) is 0 Å². The average molecular weight is 226 g/mol. The predicted octanol–water partition coefficient (Wildman–Crippen LogP) is 2.11. The van der Waals surface area contributed by atoms with Crippen LogP contribution in [-0.2, 0) is 4.74 Å².